The van der Waals surface area contributed by atoms with Crippen LogP contribution in [0.1, 0.15) is 38.7 Å². The van der Waals surface area contributed by atoms with Crippen LogP contribution in [0.15, 0.2) is 22.7 Å². The van der Waals surface area contributed by atoms with E-state index in [0.29, 0.717) is 6.04 Å². The van der Waals surface area contributed by atoms with Crippen LogP contribution in [0.4, 0.5) is 4.39 Å². The third kappa shape index (κ3) is 3.66. The Hall–Kier alpha value is -0.450. The number of likely N-dealkylation sites (N-methyl/N-ethyl adjacent to an activating group) is 1. The number of rotatable bonds is 6. The van der Waals surface area contributed by atoms with Crippen LogP contribution in [-0.4, -0.2) is 36.6 Å². The molecule has 0 amide bonds. The van der Waals surface area contributed by atoms with E-state index in [1.165, 1.54) is 32.0 Å². The van der Waals surface area contributed by atoms with Crippen molar-refractivity contribution in [2.75, 3.05) is 20.1 Å². The Kier molecular flexibility index (Phi) is 5.81. The molecule has 0 bridgehead atoms. The number of nitrogens with zero attached hydrogens (tertiary/aromatic N) is 1. The Balaban J connectivity index is 2.22. The topological polar surface area (TPSA) is 15.3 Å². The minimum atomic E-state index is -0.164. The first-order valence-electron chi connectivity index (χ1n) is 7.87. The molecule has 2 unspecified atom stereocenters. The van der Waals surface area contributed by atoms with Crippen molar-refractivity contribution in [1.29, 1.82) is 0 Å². The first-order valence-corrected chi connectivity index (χ1v) is 8.66. The quantitative estimate of drug-likeness (QED) is 0.828. The monoisotopic (exact) mass is 356 g/mol. The zero-order chi connectivity index (χ0) is 15.5. The van der Waals surface area contributed by atoms with Crippen LogP contribution in [0.5, 0.6) is 0 Å². The molecule has 2 atom stereocenters. The van der Waals surface area contributed by atoms with Gasteiger partial charge in [0.1, 0.15) is 5.82 Å². The van der Waals surface area contributed by atoms with Crippen molar-refractivity contribution in [3.8, 4) is 0 Å². The number of likely N-dealkylation sites (tertiary alicyclic amines) is 1. The lowest BCUT2D eigenvalue weighted by molar-refractivity contribution is 0.0872. The molecule has 0 spiro atoms. The molecule has 1 aliphatic rings. The fourth-order valence-electron chi connectivity index (χ4n) is 3.47. The van der Waals surface area contributed by atoms with Gasteiger partial charge in [0.25, 0.3) is 0 Å². The SMILES string of the molecule is CCC(C)(C(Cc1cc(F)ccc1Br)NC)N1CCCC1. The molecule has 1 saturated heterocycles. The van der Waals surface area contributed by atoms with Crippen LogP contribution in [-0.2, 0) is 6.42 Å². The molecule has 118 valence electrons. The minimum absolute atomic E-state index is 0.108. The Bertz CT molecular complexity index is 474. The summed E-state index contributed by atoms with van der Waals surface area (Å²) in [6.07, 6.45) is 4.49. The summed E-state index contributed by atoms with van der Waals surface area (Å²) in [5.41, 5.74) is 1.14. The van der Waals surface area contributed by atoms with Crippen molar-refractivity contribution >= 4 is 15.9 Å². The number of hydrogen-bond acceptors (Lipinski definition) is 2. The second kappa shape index (κ2) is 7.21. The Morgan fingerprint density at radius 3 is 2.62 bits per heavy atom. The van der Waals surface area contributed by atoms with Gasteiger partial charge in [-0.05, 0) is 76.5 Å². The maximum atomic E-state index is 13.5. The molecule has 0 aromatic heterocycles. The van der Waals surface area contributed by atoms with Gasteiger partial charge in [0.05, 0.1) is 0 Å². The highest BCUT2D eigenvalue weighted by molar-refractivity contribution is 9.10. The smallest absolute Gasteiger partial charge is 0.123 e. The van der Waals surface area contributed by atoms with Crippen molar-refractivity contribution in [2.24, 2.45) is 0 Å². The van der Waals surface area contributed by atoms with Crippen LogP contribution in [0.25, 0.3) is 0 Å². The number of halogens is 2. The average molecular weight is 357 g/mol. The molecule has 1 aromatic rings. The van der Waals surface area contributed by atoms with E-state index in [-0.39, 0.29) is 11.4 Å². The van der Waals surface area contributed by atoms with E-state index in [1.54, 1.807) is 12.1 Å². The van der Waals surface area contributed by atoms with Gasteiger partial charge in [0.15, 0.2) is 0 Å². The van der Waals surface area contributed by atoms with Gasteiger partial charge in [-0.15, -0.1) is 0 Å². The Morgan fingerprint density at radius 2 is 2.05 bits per heavy atom. The van der Waals surface area contributed by atoms with Crippen molar-refractivity contribution in [2.45, 2.75) is 51.1 Å². The first kappa shape index (κ1) is 16.9. The van der Waals surface area contributed by atoms with Gasteiger partial charge in [0, 0.05) is 16.1 Å². The number of nitrogens with one attached hydrogen (secondary N) is 1. The van der Waals surface area contributed by atoms with E-state index in [1.807, 2.05) is 7.05 Å². The van der Waals surface area contributed by atoms with Gasteiger partial charge >= 0.3 is 0 Å². The molecule has 0 radical (unpaired) electrons. The molecular weight excluding hydrogens is 331 g/mol. The summed E-state index contributed by atoms with van der Waals surface area (Å²) in [4.78, 5) is 2.60. The van der Waals surface area contributed by atoms with Gasteiger partial charge in [-0.2, -0.15) is 0 Å². The molecular formula is C17H26BrFN2. The molecule has 1 aromatic carbocycles. The summed E-state index contributed by atoms with van der Waals surface area (Å²) in [7, 11) is 2.02. The van der Waals surface area contributed by atoms with Gasteiger partial charge < -0.3 is 5.32 Å². The fourth-order valence-corrected chi connectivity index (χ4v) is 3.88. The summed E-state index contributed by atoms with van der Waals surface area (Å²) in [6.45, 7) is 6.94. The highest BCUT2D eigenvalue weighted by atomic mass is 79.9. The molecule has 1 heterocycles. The van der Waals surface area contributed by atoms with Crippen LogP contribution in [0, 0.1) is 5.82 Å². The van der Waals surface area contributed by atoms with Crippen molar-refractivity contribution in [3.05, 3.63) is 34.1 Å². The summed E-state index contributed by atoms with van der Waals surface area (Å²) >= 11 is 3.55. The molecule has 21 heavy (non-hydrogen) atoms. The van der Waals surface area contributed by atoms with Gasteiger partial charge in [-0.25, -0.2) is 4.39 Å². The molecule has 1 N–H and O–H groups in total. The van der Waals surface area contributed by atoms with E-state index in [9.17, 15) is 4.39 Å². The van der Waals surface area contributed by atoms with Crippen LogP contribution in [0.2, 0.25) is 0 Å². The third-order valence-electron chi connectivity index (χ3n) is 5.08. The highest BCUT2D eigenvalue weighted by Gasteiger charge is 2.38. The summed E-state index contributed by atoms with van der Waals surface area (Å²) < 4.78 is 14.5. The van der Waals surface area contributed by atoms with Crippen molar-refractivity contribution in [3.63, 3.8) is 0 Å². The highest BCUT2D eigenvalue weighted by Crippen LogP contribution is 2.31. The lowest BCUT2D eigenvalue weighted by atomic mass is 9.83. The van der Waals surface area contributed by atoms with Crippen LogP contribution >= 0.6 is 15.9 Å². The van der Waals surface area contributed by atoms with Crippen LogP contribution in [0.3, 0.4) is 0 Å². The average Bonchev–Trinajstić information content (AvgIpc) is 3.02. The van der Waals surface area contributed by atoms with Gasteiger partial charge in [-0.1, -0.05) is 22.9 Å². The zero-order valence-electron chi connectivity index (χ0n) is 13.3. The second-order valence-corrected chi connectivity index (χ2v) is 7.04. The van der Waals surface area contributed by atoms with E-state index in [2.05, 4.69) is 40.0 Å². The predicted molar refractivity (Wildman–Crippen MR) is 90.2 cm³/mol. The molecule has 2 rings (SSSR count). The van der Waals surface area contributed by atoms with E-state index in [0.717, 1.165) is 22.9 Å². The summed E-state index contributed by atoms with van der Waals surface area (Å²) in [5, 5.41) is 3.48. The van der Waals surface area contributed by atoms with Crippen molar-refractivity contribution in [1.82, 2.24) is 10.2 Å². The molecule has 1 fully saturated rings. The molecule has 4 heteroatoms. The normalized spacial score (nSPS) is 20.4. The van der Waals surface area contributed by atoms with E-state index in [4.69, 9.17) is 0 Å². The molecule has 0 aliphatic carbocycles. The van der Waals surface area contributed by atoms with Crippen molar-refractivity contribution < 1.29 is 4.39 Å². The largest absolute Gasteiger partial charge is 0.315 e. The van der Waals surface area contributed by atoms with Gasteiger partial charge in [0.2, 0.25) is 0 Å². The fraction of sp³-hybridized carbons (Fsp3) is 0.647. The minimum Gasteiger partial charge on any atom is -0.315 e. The lowest BCUT2D eigenvalue weighted by Crippen LogP contribution is -2.58. The third-order valence-corrected chi connectivity index (χ3v) is 5.85. The Morgan fingerprint density at radius 1 is 1.38 bits per heavy atom. The lowest BCUT2D eigenvalue weighted by Gasteiger charge is -2.44. The standard InChI is InChI=1S/C17H26BrFN2/c1-4-17(2,21-9-5-6-10-21)16(20-3)12-13-11-14(19)7-8-15(13)18/h7-8,11,16,20H,4-6,9-10,12H2,1-3H3. The predicted octanol–water partition coefficient (Wildman–Crippen LogP) is 3.98. The molecule has 0 saturated carbocycles. The van der Waals surface area contributed by atoms with Gasteiger partial charge in [-0.3, -0.25) is 4.90 Å². The first-order chi connectivity index (χ1) is 10.0. The molecule has 1 aliphatic heterocycles. The van der Waals surface area contributed by atoms with E-state index < -0.39 is 0 Å². The molecule has 2 nitrogen and oxygen atoms in total. The summed E-state index contributed by atoms with van der Waals surface area (Å²) in [6, 6.07) is 5.26. The zero-order valence-corrected chi connectivity index (χ0v) is 14.8. The van der Waals surface area contributed by atoms with Crippen LogP contribution < -0.4 is 5.32 Å². The summed E-state index contributed by atoms with van der Waals surface area (Å²) in [5.74, 6) is -0.164. The number of benzene rings is 1. The number of hydrogen-bond donors (Lipinski definition) is 1. The maximum absolute atomic E-state index is 13.5. The Labute approximate surface area is 136 Å². The van der Waals surface area contributed by atoms with E-state index >= 15 is 0 Å². The maximum Gasteiger partial charge on any atom is 0.123 e. The second-order valence-electron chi connectivity index (χ2n) is 6.19.